The van der Waals surface area contributed by atoms with E-state index < -0.39 is 33.2 Å². The van der Waals surface area contributed by atoms with Crippen molar-refractivity contribution >= 4 is 16.0 Å². The van der Waals surface area contributed by atoms with Crippen LogP contribution in [0.2, 0.25) is 0 Å². The van der Waals surface area contributed by atoms with E-state index in [0.29, 0.717) is 6.07 Å². The average molecular weight is 302 g/mol. The predicted molar refractivity (Wildman–Crippen MR) is 62.9 cm³/mol. The molecular weight excluding hydrogens is 294 g/mol. The van der Waals surface area contributed by atoms with Gasteiger partial charge in [-0.2, -0.15) is 5.10 Å². The molecule has 7 nitrogen and oxygen atoms in total. The Bertz CT molecular complexity index is 725. The number of sulfonamides is 1. The van der Waals surface area contributed by atoms with Crippen LogP contribution < -0.4 is 4.72 Å². The Hall–Kier alpha value is -2.20. The minimum absolute atomic E-state index is 0.0867. The van der Waals surface area contributed by atoms with E-state index in [1.807, 2.05) is 4.72 Å². The van der Waals surface area contributed by atoms with E-state index in [9.17, 15) is 17.2 Å². The predicted octanol–water partition coefficient (Wildman–Crippen LogP) is 0.443. The van der Waals surface area contributed by atoms with Crippen molar-refractivity contribution in [2.24, 2.45) is 0 Å². The molecule has 20 heavy (non-hydrogen) atoms. The van der Waals surface area contributed by atoms with Crippen molar-refractivity contribution in [3.63, 3.8) is 0 Å². The smallest absolute Gasteiger partial charge is 0.267 e. The van der Waals surface area contributed by atoms with Crippen molar-refractivity contribution in [2.75, 3.05) is 4.72 Å². The summed E-state index contributed by atoms with van der Waals surface area (Å²) in [4.78, 5) is 2.60. The van der Waals surface area contributed by atoms with E-state index in [0.717, 1.165) is 6.07 Å². The third-order valence-electron chi connectivity index (χ3n) is 2.23. The second-order valence-electron chi connectivity index (χ2n) is 3.62. The van der Waals surface area contributed by atoms with Crippen molar-refractivity contribution in [3.05, 3.63) is 41.7 Å². The molecular formula is C10H8F2N4O3S. The molecule has 0 aliphatic carbocycles. The number of benzene rings is 1. The third kappa shape index (κ3) is 2.86. The van der Waals surface area contributed by atoms with Crippen molar-refractivity contribution in [2.45, 2.75) is 11.5 Å². The van der Waals surface area contributed by atoms with Crippen LogP contribution in [0, 0.1) is 11.6 Å². The Morgan fingerprint density at radius 2 is 2.00 bits per heavy atom. The number of anilines is 1. The van der Waals surface area contributed by atoms with Gasteiger partial charge in [0.2, 0.25) is 0 Å². The quantitative estimate of drug-likeness (QED) is 0.849. The molecule has 10 heteroatoms. The molecule has 1 aromatic carbocycles. The largest absolute Gasteiger partial charge is 0.392 e. The molecule has 0 saturated carbocycles. The van der Waals surface area contributed by atoms with E-state index in [2.05, 4.69) is 15.2 Å². The molecule has 0 radical (unpaired) electrons. The van der Waals surface area contributed by atoms with E-state index in [4.69, 9.17) is 5.11 Å². The second kappa shape index (κ2) is 5.43. The van der Waals surface area contributed by atoms with Crippen LogP contribution in [-0.2, 0) is 16.6 Å². The molecule has 106 valence electrons. The summed E-state index contributed by atoms with van der Waals surface area (Å²) in [5, 5.41) is 15.6. The Morgan fingerprint density at radius 1 is 1.25 bits per heavy atom. The summed E-state index contributed by atoms with van der Waals surface area (Å²) in [6.07, 6.45) is 2.39. The highest BCUT2D eigenvalue weighted by atomic mass is 32.2. The van der Waals surface area contributed by atoms with E-state index in [1.54, 1.807) is 0 Å². The molecule has 0 fully saturated rings. The number of aliphatic hydroxyl groups excluding tert-OH is 1. The van der Waals surface area contributed by atoms with Gasteiger partial charge < -0.3 is 5.11 Å². The second-order valence-corrected chi connectivity index (χ2v) is 5.27. The fourth-order valence-corrected chi connectivity index (χ4v) is 2.46. The van der Waals surface area contributed by atoms with Gasteiger partial charge in [-0.15, -0.1) is 5.10 Å². The van der Waals surface area contributed by atoms with Gasteiger partial charge in [0.1, 0.15) is 4.90 Å². The molecule has 0 aliphatic heterocycles. The maximum Gasteiger partial charge on any atom is 0.267 e. The number of hydrogen-bond donors (Lipinski definition) is 2. The lowest BCUT2D eigenvalue weighted by molar-refractivity contribution is 0.280. The standard InChI is InChI=1S/C10H8F2N4O3S/c11-7-3-6(5-17)4-8(9(7)12)20(18,19)16-10-13-1-2-14-15-10/h1-4,17H,5H2,(H,13,15,16). The highest BCUT2D eigenvalue weighted by Crippen LogP contribution is 2.21. The third-order valence-corrected chi connectivity index (χ3v) is 3.56. The molecule has 0 saturated heterocycles. The highest BCUT2D eigenvalue weighted by Gasteiger charge is 2.24. The lowest BCUT2D eigenvalue weighted by atomic mass is 10.2. The van der Waals surface area contributed by atoms with Crippen molar-refractivity contribution in [1.29, 1.82) is 0 Å². The molecule has 0 atom stereocenters. The molecule has 0 aliphatic rings. The molecule has 2 N–H and O–H groups in total. The maximum absolute atomic E-state index is 13.6. The summed E-state index contributed by atoms with van der Waals surface area (Å²) in [6, 6.07) is 1.52. The molecule has 2 aromatic rings. The molecule has 0 unspecified atom stereocenters. The van der Waals surface area contributed by atoms with Crippen molar-refractivity contribution in [1.82, 2.24) is 15.2 Å². The van der Waals surface area contributed by atoms with Gasteiger partial charge in [-0.3, -0.25) is 0 Å². The van der Waals surface area contributed by atoms with Gasteiger partial charge in [0.25, 0.3) is 16.0 Å². The minimum atomic E-state index is -4.44. The number of hydrogen-bond acceptors (Lipinski definition) is 6. The molecule has 1 aromatic heterocycles. The normalized spacial score (nSPS) is 11.3. The summed E-state index contributed by atoms with van der Waals surface area (Å²) >= 11 is 0. The Morgan fingerprint density at radius 3 is 2.60 bits per heavy atom. The lowest BCUT2D eigenvalue weighted by Crippen LogP contribution is -2.17. The number of aromatic nitrogens is 3. The first kappa shape index (κ1) is 14.2. The van der Waals surface area contributed by atoms with Crippen LogP contribution in [0.1, 0.15) is 5.56 Å². The summed E-state index contributed by atoms with van der Waals surface area (Å²) in [5.74, 6) is -3.33. The molecule has 0 amide bonds. The first-order chi connectivity index (χ1) is 9.44. The van der Waals surface area contributed by atoms with Gasteiger partial charge in [-0.1, -0.05) is 0 Å². The number of rotatable bonds is 4. The fourth-order valence-electron chi connectivity index (χ4n) is 1.37. The van der Waals surface area contributed by atoms with Crippen LogP contribution in [0.15, 0.2) is 29.4 Å². The monoisotopic (exact) mass is 302 g/mol. The summed E-state index contributed by atoms with van der Waals surface area (Å²) in [6.45, 7) is -0.636. The van der Waals surface area contributed by atoms with E-state index in [1.165, 1.54) is 12.4 Å². The zero-order valence-corrected chi connectivity index (χ0v) is 10.6. The van der Waals surface area contributed by atoms with E-state index >= 15 is 0 Å². The van der Waals surface area contributed by atoms with Gasteiger partial charge in [-0.05, 0) is 17.7 Å². The van der Waals surface area contributed by atoms with Gasteiger partial charge in [0.05, 0.1) is 19.0 Å². The van der Waals surface area contributed by atoms with Crippen LogP contribution in [0.5, 0.6) is 0 Å². The summed E-state index contributed by atoms with van der Waals surface area (Å²) in [7, 11) is -4.44. The number of halogens is 2. The number of aliphatic hydroxyl groups is 1. The minimum Gasteiger partial charge on any atom is -0.392 e. The fraction of sp³-hybridized carbons (Fsp3) is 0.100. The van der Waals surface area contributed by atoms with Crippen molar-refractivity contribution in [3.8, 4) is 0 Å². The SMILES string of the molecule is O=S(=O)(Nc1nccnn1)c1cc(CO)cc(F)c1F. The zero-order valence-electron chi connectivity index (χ0n) is 9.79. The Labute approximate surface area is 112 Å². The lowest BCUT2D eigenvalue weighted by Gasteiger charge is -2.08. The van der Waals surface area contributed by atoms with Crippen LogP contribution in [0.25, 0.3) is 0 Å². The number of nitrogens with one attached hydrogen (secondary N) is 1. The Kier molecular flexibility index (Phi) is 3.86. The van der Waals surface area contributed by atoms with Crippen LogP contribution in [0.3, 0.4) is 0 Å². The molecule has 0 spiro atoms. The van der Waals surface area contributed by atoms with Gasteiger partial charge in [-0.25, -0.2) is 26.9 Å². The van der Waals surface area contributed by atoms with Crippen LogP contribution >= 0.6 is 0 Å². The van der Waals surface area contributed by atoms with Gasteiger partial charge in [0.15, 0.2) is 11.6 Å². The number of nitrogens with zero attached hydrogens (tertiary/aromatic N) is 3. The van der Waals surface area contributed by atoms with Gasteiger partial charge in [0, 0.05) is 0 Å². The van der Waals surface area contributed by atoms with Crippen LogP contribution in [-0.4, -0.2) is 28.7 Å². The molecule has 1 heterocycles. The molecule has 0 bridgehead atoms. The van der Waals surface area contributed by atoms with Crippen molar-refractivity contribution < 1.29 is 22.3 Å². The zero-order chi connectivity index (χ0) is 14.8. The first-order valence-electron chi connectivity index (χ1n) is 5.19. The first-order valence-corrected chi connectivity index (χ1v) is 6.67. The van der Waals surface area contributed by atoms with Crippen LogP contribution in [0.4, 0.5) is 14.7 Å². The summed E-state index contributed by atoms with van der Waals surface area (Å²) < 4.78 is 52.6. The van der Waals surface area contributed by atoms with E-state index in [-0.39, 0.29) is 11.5 Å². The topological polar surface area (TPSA) is 105 Å². The highest BCUT2D eigenvalue weighted by molar-refractivity contribution is 7.92. The molecule has 2 rings (SSSR count). The summed E-state index contributed by atoms with van der Waals surface area (Å²) in [5.41, 5.74) is -0.0867. The van der Waals surface area contributed by atoms with Gasteiger partial charge >= 0.3 is 0 Å². The maximum atomic E-state index is 13.6. The Balaban J connectivity index is 2.47. The average Bonchev–Trinajstić information content (AvgIpc) is 2.42.